The van der Waals surface area contributed by atoms with Crippen molar-refractivity contribution in [2.45, 2.75) is 0 Å². The zero-order valence-electron chi connectivity index (χ0n) is 5.48. The summed E-state index contributed by atoms with van der Waals surface area (Å²) in [7, 11) is 0. The summed E-state index contributed by atoms with van der Waals surface area (Å²) in [5.74, 6) is -2.69. The Bertz CT molecular complexity index is 187. The van der Waals surface area contributed by atoms with Gasteiger partial charge in [-0.1, -0.05) is 0 Å². The molecule has 0 atom stereocenters. The van der Waals surface area contributed by atoms with Gasteiger partial charge in [0.25, 0.3) is 0 Å². The Labute approximate surface area is 61.5 Å². The van der Waals surface area contributed by atoms with E-state index in [4.69, 9.17) is 4.79 Å². The molecule has 0 aliphatic carbocycles. The summed E-state index contributed by atoms with van der Waals surface area (Å²) in [5, 5.41) is 0. The Morgan fingerprint density at radius 3 is 1.18 bits per heavy atom. The lowest BCUT2D eigenvalue weighted by Crippen LogP contribution is -1.81. The molecule has 0 N–H and O–H groups in total. The molecule has 1 nitrogen and oxygen atoms in total. The second kappa shape index (κ2) is 4.49. The number of benzene rings is 1. The van der Waals surface area contributed by atoms with Crippen molar-refractivity contribution in [1.29, 1.82) is 0 Å². The largest absolute Gasteiger partial charge is 0.307 e. The molecule has 4 heteroatoms. The fourth-order valence-corrected chi connectivity index (χ4v) is 0.520. The van der Waals surface area contributed by atoms with Gasteiger partial charge in [0, 0.05) is 18.2 Å². The molecule has 0 radical (unpaired) electrons. The van der Waals surface area contributed by atoms with Crippen molar-refractivity contribution >= 4 is 6.79 Å². The molecule has 0 amide bonds. The van der Waals surface area contributed by atoms with E-state index >= 15 is 0 Å². The molecule has 0 aliphatic rings. The zero-order chi connectivity index (χ0) is 8.85. The molecule has 0 spiro atoms. The van der Waals surface area contributed by atoms with Crippen molar-refractivity contribution in [3.8, 4) is 0 Å². The SMILES string of the molecule is C=O.Fc1cc(F)cc(F)c1. The van der Waals surface area contributed by atoms with Crippen LogP contribution in [0.2, 0.25) is 0 Å². The maximum absolute atomic E-state index is 11.9. The van der Waals surface area contributed by atoms with Crippen LogP contribution >= 0.6 is 0 Å². The van der Waals surface area contributed by atoms with Crippen LogP contribution in [0.15, 0.2) is 18.2 Å². The zero-order valence-corrected chi connectivity index (χ0v) is 5.48. The van der Waals surface area contributed by atoms with E-state index in [1.165, 1.54) is 0 Å². The van der Waals surface area contributed by atoms with Crippen molar-refractivity contribution in [2.24, 2.45) is 0 Å². The van der Waals surface area contributed by atoms with Crippen molar-refractivity contribution in [1.82, 2.24) is 0 Å². The predicted molar refractivity (Wildman–Crippen MR) is 33.4 cm³/mol. The average Bonchev–Trinajstić information content (AvgIpc) is 1.88. The maximum Gasteiger partial charge on any atom is 0.129 e. The molecule has 1 aromatic carbocycles. The summed E-state index contributed by atoms with van der Waals surface area (Å²) in [5.41, 5.74) is 0. The fourth-order valence-electron chi connectivity index (χ4n) is 0.520. The van der Waals surface area contributed by atoms with Gasteiger partial charge in [0.05, 0.1) is 0 Å². The highest BCUT2D eigenvalue weighted by atomic mass is 19.1. The number of hydrogen-bond donors (Lipinski definition) is 0. The first kappa shape index (κ1) is 9.68. The third kappa shape index (κ3) is 3.40. The standard InChI is InChI=1S/C6H3F3.CH2O/c7-4-1-5(8)3-6(9)2-4;1-2/h1-3H;1H2. The van der Waals surface area contributed by atoms with Gasteiger partial charge in [0.15, 0.2) is 0 Å². The summed E-state index contributed by atoms with van der Waals surface area (Å²) in [6.45, 7) is 2.00. The van der Waals surface area contributed by atoms with Crippen molar-refractivity contribution in [3.05, 3.63) is 35.7 Å². The molecule has 0 fully saturated rings. The molecule has 1 aromatic rings. The van der Waals surface area contributed by atoms with E-state index in [-0.39, 0.29) is 0 Å². The summed E-state index contributed by atoms with van der Waals surface area (Å²) < 4.78 is 35.8. The molecule has 0 saturated carbocycles. The molecule has 1 rings (SSSR count). The van der Waals surface area contributed by atoms with E-state index in [0.29, 0.717) is 18.2 Å². The highest BCUT2D eigenvalue weighted by Crippen LogP contribution is 2.04. The molecular formula is C7H5F3O. The van der Waals surface area contributed by atoms with E-state index in [1.54, 1.807) is 0 Å². The lowest BCUT2D eigenvalue weighted by atomic mass is 10.3. The van der Waals surface area contributed by atoms with Gasteiger partial charge in [-0.2, -0.15) is 0 Å². The van der Waals surface area contributed by atoms with Gasteiger partial charge in [-0.3, -0.25) is 0 Å². The quantitative estimate of drug-likeness (QED) is 0.569. The summed E-state index contributed by atoms with van der Waals surface area (Å²) in [6, 6.07) is 1.84. The molecule has 11 heavy (non-hydrogen) atoms. The van der Waals surface area contributed by atoms with Gasteiger partial charge < -0.3 is 4.79 Å². The average molecular weight is 162 g/mol. The minimum atomic E-state index is -0.896. The minimum Gasteiger partial charge on any atom is -0.307 e. The highest BCUT2D eigenvalue weighted by molar-refractivity contribution is 5.11. The maximum atomic E-state index is 11.9. The monoisotopic (exact) mass is 162 g/mol. The summed E-state index contributed by atoms with van der Waals surface area (Å²) in [4.78, 5) is 8.00. The molecule has 0 unspecified atom stereocenters. The van der Waals surface area contributed by atoms with Gasteiger partial charge in [-0.05, 0) is 0 Å². The number of halogens is 3. The van der Waals surface area contributed by atoms with Crippen LogP contribution in [0.5, 0.6) is 0 Å². The molecule has 0 saturated heterocycles. The molecule has 0 bridgehead atoms. The first-order chi connectivity index (χ1) is 5.18. The third-order valence-electron chi connectivity index (χ3n) is 0.827. The van der Waals surface area contributed by atoms with Crippen LogP contribution in [0.3, 0.4) is 0 Å². The van der Waals surface area contributed by atoms with E-state index < -0.39 is 17.5 Å². The Kier molecular flexibility index (Phi) is 3.95. The smallest absolute Gasteiger partial charge is 0.129 e. The molecule has 60 valence electrons. The second-order valence-corrected chi connectivity index (χ2v) is 1.59. The number of rotatable bonds is 0. The van der Waals surface area contributed by atoms with E-state index in [2.05, 4.69) is 0 Å². The van der Waals surface area contributed by atoms with Crippen molar-refractivity contribution in [3.63, 3.8) is 0 Å². The fraction of sp³-hybridized carbons (Fsp3) is 0. The normalized spacial score (nSPS) is 8.27. The van der Waals surface area contributed by atoms with Crippen LogP contribution in [0.25, 0.3) is 0 Å². The van der Waals surface area contributed by atoms with Gasteiger partial charge in [0.2, 0.25) is 0 Å². The molecule has 0 aromatic heterocycles. The first-order valence-electron chi connectivity index (χ1n) is 2.59. The van der Waals surface area contributed by atoms with Crippen molar-refractivity contribution < 1.29 is 18.0 Å². The van der Waals surface area contributed by atoms with Crippen molar-refractivity contribution in [2.75, 3.05) is 0 Å². The first-order valence-corrected chi connectivity index (χ1v) is 2.59. The van der Waals surface area contributed by atoms with Gasteiger partial charge in [-0.25, -0.2) is 13.2 Å². The number of carbonyl (C=O) groups is 1. The highest BCUT2D eigenvalue weighted by Gasteiger charge is 1.96. The van der Waals surface area contributed by atoms with Crippen LogP contribution in [-0.4, -0.2) is 6.79 Å². The third-order valence-corrected chi connectivity index (χ3v) is 0.827. The number of carbonyl (C=O) groups excluding carboxylic acids is 1. The Morgan fingerprint density at radius 2 is 1.00 bits per heavy atom. The molecule has 0 heterocycles. The minimum absolute atomic E-state index is 0.614. The van der Waals surface area contributed by atoms with E-state index in [1.807, 2.05) is 6.79 Å². The topological polar surface area (TPSA) is 17.1 Å². The van der Waals surface area contributed by atoms with Crippen LogP contribution in [-0.2, 0) is 4.79 Å². The van der Waals surface area contributed by atoms with Gasteiger partial charge in [-0.15, -0.1) is 0 Å². The summed E-state index contributed by atoms with van der Waals surface area (Å²) >= 11 is 0. The molecular weight excluding hydrogens is 157 g/mol. The Hall–Kier alpha value is -1.32. The van der Waals surface area contributed by atoms with E-state index in [0.717, 1.165) is 0 Å². The van der Waals surface area contributed by atoms with Gasteiger partial charge in [0.1, 0.15) is 24.2 Å². The van der Waals surface area contributed by atoms with E-state index in [9.17, 15) is 13.2 Å². The summed E-state index contributed by atoms with van der Waals surface area (Å²) in [6.07, 6.45) is 0. The van der Waals surface area contributed by atoms with Crippen LogP contribution in [0.4, 0.5) is 13.2 Å². The van der Waals surface area contributed by atoms with Crippen LogP contribution in [0, 0.1) is 17.5 Å². The lowest BCUT2D eigenvalue weighted by molar-refractivity contribution is -0.0979. The second-order valence-electron chi connectivity index (χ2n) is 1.59. The van der Waals surface area contributed by atoms with Gasteiger partial charge >= 0.3 is 0 Å². The van der Waals surface area contributed by atoms with Crippen LogP contribution < -0.4 is 0 Å². The van der Waals surface area contributed by atoms with Crippen LogP contribution in [0.1, 0.15) is 0 Å². The lowest BCUT2D eigenvalue weighted by Gasteiger charge is -1.88. The Balaban J connectivity index is 0.000000461. The number of hydrogen-bond acceptors (Lipinski definition) is 1. The predicted octanol–water partition coefficient (Wildman–Crippen LogP) is 1.92. The molecule has 0 aliphatic heterocycles. The Morgan fingerprint density at radius 1 is 0.818 bits per heavy atom.